The molecule has 0 aromatic heterocycles. The number of aliphatic hydroxyl groups is 1. The smallest absolute Gasteiger partial charge is 0.191 e. The molecule has 7 nitrogen and oxygen atoms in total. The van der Waals surface area contributed by atoms with E-state index >= 15 is 0 Å². The fourth-order valence-electron chi connectivity index (χ4n) is 3.44. The maximum Gasteiger partial charge on any atom is 0.191 e. The van der Waals surface area contributed by atoms with Gasteiger partial charge in [0.1, 0.15) is 11.5 Å². The van der Waals surface area contributed by atoms with E-state index in [0.717, 1.165) is 43.5 Å². The largest absolute Gasteiger partial charge is 0.497 e. The van der Waals surface area contributed by atoms with Crippen LogP contribution in [0.15, 0.2) is 23.2 Å². The molecule has 0 spiro atoms. The molecule has 1 aromatic rings. The summed E-state index contributed by atoms with van der Waals surface area (Å²) in [6, 6.07) is 5.40. The third kappa shape index (κ3) is 8.11. The highest BCUT2D eigenvalue weighted by Gasteiger charge is 2.15. The van der Waals surface area contributed by atoms with E-state index in [-0.39, 0.29) is 6.54 Å². The first kappa shape index (κ1) is 23.3. The van der Waals surface area contributed by atoms with Crippen molar-refractivity contribution in [1.29, 1.82) is 0 Å². The summed E-state index contributed by atoms with van der Waals surface area (Å²) in [6.45, 7) is 9.82. The van der Waals surface area contributed by atoms with E-state index in [4.69, 9.17) is 9.47 Å². The van der Waals surface area contributed by atoms with Crippen molar-refractivity contribution in [3.05, 3.63) is 23.8 Å². The molecule has 164 valence electrons. The molecule has 1 aromatic carbocycles. The van der Waals surface area contributed by atoms with Gasteiger partial charge in [0.2, 0.25) is 0 Å². The quantitative estimate of drug-likeness (QED) is 0.315. The number of nitrogens with one attached hydrogen (secondary N) is 2. The van der Waals surface area contributed by atoms with Gasteiger partial charge in [-0.15, -0.1) is 0 Å². The first-order valence-electron chi connectivity index (χ1n) is 10.7. The van der Waals surface area contributed by atoms with Gasteiger partial charge in [-0.05, 0) is 69.4 Å². The number of piperidine rings is 1. The average molecular weight is 407 g/mol. The molecule has 3 N–H and O–H groups in total. The van der Waals surface area contributed by atoms with Crippen LogP contribution in [0.25, 0.3) is 0 Å². The van der Waals surface area contributed by atoms with E-state index in [1.807, 2.05) is 19.1 Å². The maximum absolute atomic E-state index is 10.6. The van der Waals surface area contributed by atoms with Crippen LogP contribution in [0.1, 0.15) is 44.8 Å². The van der Waals surface area contributed by atoms with Crippen LogP contribution in [0.3, 0.4) is 0 Å². The third-order valence-corrected chi connectivity index (χ3v) is 5.34. The standard InChI is InChI=1S/C22H38N4O3/c1-5-23-22(24-9-6-10-26-11-7-17(2)8-12-26)25-16-21(27)18-13-19(28-3)15-20(14-18)29-4/h13-15,17,21,27H,5-12,16H2,1-4H3,(H2,23,24,25). The highest BCUT2D eigenvalue weighted by Crippen LogP contribution is 2.26. The topological polar surface area (TPSA) is 78.4 Å². The van der Waals surface area contributed by atoms with Crippen LogP contribution in [0, 0.1) is 5.92 Å². The number of ether oxygens (including phenoxy) is 2. The molecular weight excluding hydrogens is 368 g/mol. The summed E-state index contributed by atoms with van der Waals surface area (Å²) in [5.74, 6) is 2.90. The molecule has 1 atom stereocenters. The summed E-state index contributed by atoms with van der Waals surface area (Å²) in [5, 5.41) is 17.2. The third-order valence-electron chi connectivity index (χ3n) is 5.34. The number of nitrogens with zero attached hydrogens (tertiary/aromatic N) is 2. The molecule has 7 heteroatoms. The molecule has 0 radical (unpaired) electrons. The minimum atomic E-state index is -0.732. The number of rotatable bonds is 10. The Hall–Kier alpha value is -1.99. The lowest BCUT2D eigenvalue weighted by molar-refractivity contribution is 0.186. The number of aliphatic hydroxyl groups excluding tert-OH is 1. The summed E-state index contributed by atoms with van der Waals surface area (Å²) in [5.41, 5.74) is 0.722. The minimum Gasteiger partial charge on any atom is -0.497 e. The summed E-state index contributed by atoms with van der Waals surface area (Å²) in [6.07, 6.45) is 2.97. The van der Waals surface area contributed by atoms with Gasteiger partial charge in [-0.3, -0.25) is 4.99 Å². The average Bonchev–Trinajstić information content (AvgIpc) is 2.75. The molecule has 0 bridgehead atoms. The molecule has 1 aliphatic rings. The van der Waals surface area contributed by atoms with Gasteiger partial charge in [0.05, 0.1) is 26.9 Å². The Bertz CT molecular complexity index is 608. The molecule has 1 saturated heterocycles. The predicted molar refractivity (Wildman–Crippen MR) is 118 cm³/mol. The molecule has 0 amide bonds. The van der Waals surface area contributed by atoms with Crippen LogP contribution in [-0.2, 0) is 0 Å². The van der Waals surface area contributed by atoms with Gasteiger partial charge in [-0.25, -0.2) is 0 Å². The Morgan fingerprint density at radius 3 is 2.41 bits per heavy atom. The monoisotopic (exact) mass is 406 g/mol. The van der Waals surface area contributed by atoms with Gasteiger partial charge < -0.3 is 30.1 Å². The number of aliphatic imine (C=N–C) groups is 1. The highest BCUT2D eigenvalue weighted by atomic mass is 16.5. The number of benzene rings is 1. The van der Waals surface area contributed by atoms with E-state index in [9.17, 15) is 5.11 Å². The summed E-state index contributed by atoms with van der Waals surface area (Å²) in [4.78, 5) is 7.09. The lowest BCUT2D eigenvalue weighted by Crippen LogP contribution is -2.40. The lowest BCUT2D eigenvalue weighted by atomic mass is 9.99. The maximum atomic E-state index is 10.6. The van der Waals surface area contributed by atoms with Crippen molar-refractivity contribution < 1.29 is 14.6 Å². The molecule has 0 aliphatic carbocycles. The van der Waals surface area contributed by atoms with Crippen LogP contribution in [0.4, 0.5) is 0 Å². The molecule has 29 heavy (non-hydrogen) atoms. The predicted octanol–water partition coefficient (Wildman–Crippen LogP) is 2.41. The number of guanidine groups is 1. The molecule has 2 rings (SSSR count). The lowest BCUT2D eigenvalue weighted by Gasteiger charge is -2.30. The second-order valence-electron chi connectivity index (χ2n) is 7.69. The molecule has 1 heterocycles. The van der Waals surface area contributed by atoms with Crippen molar-refractivity contribution in [2.24, 2.45) is 10.9 Å². The zero-order chi connectivity index (χ0) is 21.1. The van der Waals surface area contributed by atoms with Crippen molar-refractivity contribution in [2.75, 3.05) is 53.5 Å². The first-order chi connectivity index (χ1) is 14.0. The number of methoxy groups -OCH3 is 2. The fraction of sp³-hybridized carbons (Fsp3) is 0.682. The normalized spacial score (nSPS) is 17.1. The minimum absolute atomic E-state index is 0.260. The molecule has 0 saturated carbocycles. The van der Waals surface area contributed by atoms with Crippen molar-refractivity contribution in [1.82, 2.24) is 15.5 Å². The first-order valence-corrected chi connectivity index (χ1v) is 10.7. The molecule has 1 aliphatic heterocycles. The van der Waals surface area contributed by atoms with Crippen LogP contribution < -0.4 is 20.1 Å². The van der Waals surface area contributed by atoms with Gasteiger partial charge in [-0.2, -0.15) is 0 Å². The van der Waals surface area contributed by atoms with E-state index in [1.54, 1.807) is 20.3 Å². The zero-order valence-corrected chi connectivity index (χ0v) is 18.4. The van der Waals surface area contributed by atoms with Gasteiger partial charge in [0.25, 0.3) is 0 Å². The van der Waals surface area contributed by atoms with Crippen LogP contribution in [0.2, 0.25) is 0 Å². The van der Waals surface area contributed by atoms with Gasteiger partial charge in [0, 0.05) is 19.2 Å². The Morgan fingerprint density at radius 2 is 1.83 bits per heavy atom. The number of likely N-dealkylation sites (tertiary alicyclic amines) is 1. The van der Waals surface area contributed by atoms with Gasteiger partial charge in [-0.1, -0.05) is 6.92 Å². The summed E-state index contributed by atoms with van der Waals surface area (Å²) >= 11 is 0. The Balaban J connectivity index is 1.83. The van der Waals surface area contributed by atoms with E-state index in [0.29, 0.717) is 11.5 Å². The highest BCUT2D eigenvalue weighted by molar-refractivity contribution is 5.79. The van der Waals surface area contributed by atoms with Crippen molar-refractivity contribution >= 4 is 5.96 Å². The second kappa shape index (κ2) is 12.5. The number of hydrogen-bond donors (Lipinski definition) is 3. The van der Waals surface area contributed by atoms with Crippen molar-refractivity contribution in [3.63, 3.8) is 0 Å². The summed E-state index contributed by atoms with van der Waals surface area (Å²) < 4.78 is 10.6. The Labute approximate surface area is 175 Å². The second-order valence-corrected chi connectivity index (χ2v) is 7.69. The Kier molecular flexibility index (Phi) is 10.1. The van der Waals surface area contributed by atoms with E-state index in [2.05, 4.69) is 27.4 Å². The van der Waals surface area contributed by atoms with Crippen LogP contribution in [-0.4, -0.2) is 69.5 Å². The molecular formula is C22H38N4O3. The fourth-order valence-corrected chi connectivity index (χ4v) is 3.44. The van der Waals surface area contributed by atoms with Gasteiger partial charge >= 0.3 is 0 Å². The van der Waals surface area contributed by atoms with E-state index < -0.39 is 6.10 Å². The van der Waals surface area contributed by atoms with Crippen LogP contribution in [0.5, 0.6) is 11.5 Å². The SMILES string of the molecule is CCNC(=NCC(O)c1cc(OC)cc(OC)c1)NCCCN1CCC(C)CC1. The Morgan fingerprint density at radius 1 is 1.17 bits per heavy atom. The zero-order valence-electron chi connectivity index (χ0n) is 18.4. The van der Waals surface area contributed by atoms with Crippen molar-refractivity contribution in [3.8, 4) is 11.5 Å². The summed E-state index contributed by atoms with van der Waals surface area (Å²) in [7, 11) is 3.20. The molecule has 1 fully saturated rings. The van der Waals surface area contributed by atoms with Crippen LogP contribution >= 0.6 is 0 Å². The number of hydrogen-bond acceptors (Lipinski definition) is 5. The van der Waals surface area contributed by atoms with E-state index in [1.165, 1.54) is 25.9 Å². The van der Waals surface area contributed by atoms with Crippen molar-refractivity contribution in [2.45, 2.75) is 39.2 Å². The van der Waals surface area contributed by atoms with Gasteiger partial charge in [0.15, 0.2) is 5.96 Å². The molecule has 1 unspecified atom stereocenters.